The molecule has 0 amide bonds. The minimum Gasteiger partial charge on any atom is -0.356 e. The van der Waals surface area contributed by atoms with Crippen molar-refractivity contribution >= 4 is 17.3 Å². The molecule has 26 heavy (non-hydrogen) atoms. The van der Waals surface area contributed by atoms with E-state index in [0.29, 0.717) is 12.5 Å². The van der Waals surface area contributed by atoms with Crippen LogP contribution < -0.4 is 10.6 Å². The highest BCUT2D eigenvalue weighted by atomic mass is 32.1. The van der Waals surface area contributed by atoms with Gasteiger partial charge in [-0.3, -0.25) is 4.99 Å². The Morgan fingerprint density at radius 2 is 2.15 bits per heavy atom. The Morgan fingerprint density at radius 1 is 1.27 bits per heavy atom. The van der Waals surface area contributed by atoms with E-state index >= 15 is 0 Å². The topological polar surface area (TPSA) is 80.0 Å². The van der Waals surface area contributed by atoms with Crippen LogP contribution in [0.4, 0.5) is 0 Å². The number of guanidine groups is 1. The van der Waals surface area contributed by atoms with Crippen molar-refractivity contribution in [3.63, 3.8) is 0 Å². The van der Waals surface area contributed by atoms with Crippen LogP contribution >= 0.6 is 11.3 Å². The van der Waals surface area contributed by atoms with Gasteiger partial charge in [-0.05, 0) is 18.8 Å². The number of thiazole rings is 1. The number of aryl methyl sites for hydroxylation is 1. The smallest absolute Gasteiger partial charge is 0.191 e. The molecule has 3 rings (SSSR count). The van der Waals surface area contributed by atoms with Crippen LogP contribution in [0.3, 0.4) is 0 Å². The minimum atomic E-state index is 0.468. The van der Waals surface area contributed by atoms with Gasteiger partial charge in [0.15, 0.2) is 5.96 Å². The lowest BCUT2D eigenvalue weighted by atomic mass is 10.2. The number of hydrogen-bond acceptors (Lipinski definition) is 5. The second-order valence-electron chi connectivity index (χ2n) is 6.92. The third-order valence-electron chi connectivity index (χ3n) is 4.62. The van der Waals surface area contributed by atoms with Crippen LogP contribution in [0, 0.1) is 0 Å². The molecule has 8 heteroatoms. The van der Waals surface area contributed by atoms with Gasteiger partial charge in [0.2, 0.25) is 0 Å². The van der Waals surface area contributed by atoms with Gasteiger partial charge in [0.1, 0.15) is 16.7 Å². The van der Waals surface area contributed by atoms with Crippen molar-refractivity contribution in [3.8, 4) is 0 Å². The first-order valence-corrected chi connectivity index (χ1v) is 10.3. The Labute approximate surface area is 159 Å². The van der Waals surface area contributed by atoms with E-state index in [1.165, 1.54) is 19.3 Å². The Bertz CT molecular complexity index is 732. The van der Waals surface area contributed by atoms with Crippen LogP contribution in [-0.2, 0) is 25.9 Å². The summed E-state index contributed by atoms with van der Waals surface area (Å²) in [4.78, 5) is 8.94. The first-order chi connectivity index (χ1) is 12.7. The van der Waals surface area contributed by atoms with Gasteiger partial charge < -0.3 is 15.2 Å². The monoisotopic (exact) mass is 375 g/mol. The van der Waals surface area contributed by atoms with Crippen molar-refractivity contribution in [1.82, 2.24) is 30.4 Å². The molecule has 142 valence electrons. The largest absolute Gasteiger partial charge is 0.356 e. The highest BCUT2D eigenvalue weighted by Gasteiger charge is 2.14. The fraction of sp³-hybridized carbons (Fsp3) is 0.667. The standard InChI is InChI=1S/C18H29N7S/c1-13(2)14-12-26-17(22-14)11-21-18(19-3)20-9-8-16-24-23-15-7-5-4-6-10-25(15)16/h12-13H,4-11H2,1-3H3,(H2,19,20,21). The third-order valence-corrected chi connectivity index (χ3v) is 5.49. The Balaban J connectivity index is 1.46. The van der Waals surface area contributed by atoms with Gasteiger partial charge in [-0.25, -0.2) is 4.98 Å². The fourth-order valence-corrected chi connectivity index (χ4v) is 3.97. The summed E-state index contributed by atoms with van der Waals surface area (Å²) >= 11 is 1.69. The van der Waals surface area contributed by atoms with Gasteiger partial charge in [-0.15, -0.1) is 21.5 Å². The van der Waals surface area contributed by atoms with E-state index in [0.717, 1.165) is 54.2 Å². The lowest BCUT2D eigenvalue weighted by Crippen LogP contribution is -2.38. The van der Waals surface area contributed by atoms with Crippen molar-refractivity contribution in [3.05, 3.63) is 27.7 Å². The number of fused-ring (bicyclic) bond motifs is 1. The minimum absolute atomic E-state index is 0.468. The van der Waals surface area contributed by atoms with Gasteiger partial charge in [0.25, 0.3) is 0 Å². The predicted molar refractivity (Wildman–Crippen MR) is 106 cm³/mol. The molecule has 0 fully saturated rings. The van der Waals surface area contributed by atoms with Crippen LogP contribution in [0.5, 0.6) is 0 Å². The molecule has 3 heterocycles. The van der Waals surface area contributed by atoms with Crippen molar-refractivity contribution in [1.29, 1.82) is 0 Å². The highest BCUT2D eigenvalue weighted by Crippen LogP contribution is 2.17. The number of aromatic nitrogens is 4. The van der Waals surface area contributed by atoms with Gasteiger partial charge >= 0.3 is 0 Å². The molecular weight excluding hydrogens is 346 g/mol. The lowest BCUT2D eigenvalue weighted by molar-refractivity contribution is 0.600. The van der Waals surface area contributed by atoms with E-state index in [1.807, 2.05) is 0 Å². The predicted octanol–water partition coefficient (Wildman–Crippen LogP) is 2.49. The van der Waals surface area contributed by atoms with Crippen molar-refractivity contribution < 1.29 is 0 Å². The summed E-state index contributed by atoms with van der Waals surface area (Å²) in [6.07, 6.45) is 5.63. The first kappa shape index (κ1) is 18.8. The fourth-order valence-electron chi connectivity index (χ4n) is 3.07. The van der Waals surface area contributed by atoms with Gasteiger partial charge in [0, 0.05) is 38.4 Å². The summed E-state index contributed by atoms with van der Waals surface area (Å²) in [5.74, 6) is 3.48. The molecule has 0 aromatic carbocycles. The molecular formula is C18H29N7S. The maximum atomic E-state index is 4.65. The summed E-state index contributed by atoms with van der Waals surface area (Å²) in [5, 5.41) is 18.7. The summed E-state index contributed by atoms with van der Waals surface area (Å²) in [7, 11) is 1.79. The Hall–Kier alpha value is -1.96. The van der Waals surface area contributed by atoms with E-state index in [9.17, 15) is 0 Å². The molecule has 0 bridgehead atoms. The van der Waals surface area contributed by atoms with E-state index in [-0.39, 0.29) is 0 Å². The molecule has 0 radical (unpaired) electrons. The zero-order valence-corrected chi connectivity index (χ0v) is 16.8. The zero-order chi connectivity index (χ0) is 18.4. The number of aliphatic imine (C=N–C) groups is 1. The van der Waals surface area contributed by atoms with Crippen molar-refractivity contribution in [2.24, 2.45) is 4.99 Å². The maximum Gasteiger partial charge on any atom is 0.191 e. The SMILES string of the molecule is CN=C(NCCc1nnc2n1CCCCC2)NCc1nc(C(C)C)cs1. The molecule has 0 saturated heterocycles. The van der Waals surface area contributed by atoms with Gasteiger partial charge in [0.05, 0.1) is 12.2 Å². The van der Waals surface area contributed by atoms with Gasteiger partial charge in [-0.1, -0.05) is 20.3 Å². The number of nitrogens with one attached hydrogen (secondary N) is 2. The van der Waals surface area contributed by atoms with Crippen LogP contribution in [0.15, 0.2) is 10.4 Å². The quantitative estimate of drug-likeness (QED) is 0.599. The van der Waals surface area contributed by atoms with E-state index in [4.69, 9.17) is 0 Å². The van der Waals surface area contributed by atoms with Crippen molar-refractivity contribution in [2.75, 3.05) is 13.6 Å². The summed E-state index contributed by atoms with van der Waals surface area (Å²) in [6, 6.07) is 0. The van der Waals surface area contributed by atoms with Crippen LogP contribution in [0.2, 0.25) is 0 Å². The maximum absolute atomic E-state index is 4.65. The Morgan fingerprint density at radius 3 is 2.92 bits per heavy atom. The molecule has 0 unspecified atom stereocenters. The molecule has 2 N–H and O–H groups in total. The molecule has 0 saturated carbocycles. The number of hydrogen-bond donors (Lipinski definition) is 2. The Kier molecular flexibility index (Phi) is 6.60. The third kappa shape index (κ3) is 4.81. The van der Waals surface area contributed by atoms with Crippen LogP contribution in [0.25, 0.3) is 0 Å². The highest BCUT2D eigenvalue weighted by molar-refractivity contribution is 7.09. The first-order valence-electron chi connectivity index (χ1n) is 9.47. The summed E-state index contributed by atoms with van der Waals surface area (Å²) < 4.78 is 2.30. The molecule has 1 aliphatic rings. The average Bonchev–Trinajstić information content (AvgIpc) is 3.19. The number of rotatable bonds is 6. The second-order valence-corrected chi connectivity index (χ2v) is 7.86. The summed E-state index contributed by atoms with van der Waals surface area (Å²) in [6.45, 7) is 6.85. The molecule has 2 aromatic heterocycles. The average molecular weight is 376 g/mol. The number of nitrogens with zero attached hydrogens (tertiary/aromatic N) is 5. The summed E-state index contributed by atoms with van der Waals surface area (Å²) in [5.41, 5.74) is 1.15. The molecule has 2 aromatic rings. The van der Waals surface area contributed by atoms with E-state index in [1.54, 1.807) is 18.4 Å². The molecule has 7 nitrogen and oxygen atoms in total. The zero-order valence-electron chi connectivity index (χ0n) is 16.0. The molecule has 0 atom stereocenters. The van der Waals surface area contributed by atoms with E-state index < -0.39 is 0 Å². The van der Waals surface area contributed by atoms with Crippen LogP contribution in [-0.4, -0.2) is 39.3 Å². The van der Waals surface area contributed by atoms with Crippen LogP contribution in [0.1, 0.15) is 61.4 Å². The van der Waals surface area contributed by atoms with E-state index in [2.05, 4.69) is 54.6 Å². The second kappa shape index (κ2) is 9.12. The normalized spacial score (nSPS) is 15.0. The molecule has 1 aliphatic heterocycles. The molecule has 0 aliphatic carbocycles. The molecule has 0 spiro atoms. The van der Waals surface area contributed by atoms with Crippen molar-refractivity contribution in [2.45, 2.75) is 65.0 Å². The lowest BCUT2D eigenvalue weighted by Gasteiger charge is -2.11. The van der Waals surface area contributed by atoms with Gasteiger partial charge in [-0.2, -0.15) is 0 Å².